The SMILES string of the molecule is CCC(C)OCCC(C)CCS. The third kappa shape index (κ3) is 6.99. The van der Waals surface area contributed by atoms with Crippen LogP contribution >= 0.6 is 12.6 Å². The summed E-state index contributed by atoms with van der Waals surface area (Å²) in [4.78, 5) is 0. The summed E-state index contributed by atoms with van der Waals surface area (Å²) in [6, 6.07) is 0. The largest absolute Gasteiger partial charge is 0.379 e. The predicted molar refractivity (Wildman–Crippen MR) is 58.0 cm³/mol. The number of hydrogen-bond acceptors (Lipinski definition) is 2. The lowest BCUT2D eigenvalue weighted by molar-refractivity contribution is 0.0552. The van der Waals surface area contributed by atoms with Gasteiger partial charge in [0.15, 0.2) is 0 Å². The van der Waals surface area contributed by atoms with Gasteiger partial charge in [0, 0.05) is 6.61 Å². The van der Waals surface area contributed by atoms with Crippen molar-refractivity contribution in [2.24, 2.45) is 5.92 Å². The van der Waals surface area contributed by atoms with Gasteiger partial charge in [-0.05, 0) is 37.9 Å². The van der Waals surface area contributed by atoms with Crippen LogP contribution in [0, 0.1) is 5.92 Å². The van der Waals surface area contributed by atoms with E-state index in [-0.39, 0.29) is 0 Å². The van der Waals surface area contributed by atoms with Crippen molar-refractivity contribution in [3.63, 3.8) is 0 Å². The molecule has 0 rings (SSSR count). The molecule has 0 bridgehead atoms. The zero-order valence-electron chi connectivity index (χ0n) is 8.55. The topological polar surface area (TPSA) is 9.23 Å². The molecule has 0 saturated carbocycles. The highest BCUT2D eigenvalue weighted by Crippen LogP contribution is 2.09. The molecule has 0 radical (unpaired) electrons. The van der Waals surface area contributed by atoms with Crippen LogP contribution in [0.2, 0.25) is 0 Å². The van der Waals surface area contributed by atoms with Gasteiger partial charge in [-0.1, -0.05) is 13.8 Å². The highest BCUT2D eigenvalue weighted by molar-refractivity contribution is 7.80. The Morgan fingerprint density at radius 3 is 2.42 bits per heavy atom. The molecular weight excluding hydrogens is 168 g/mol. The summed E-state index contributed by atoms with van der Waals surface area (Å²) >= 11 is 4.20. The Morgan fingerprint density at radius 1 is 1.25 bits per heavy atom. The Labute approximate surface area is 82.3 Å². The van der Waals surface area contributed by atoms with Gasteiger partial charge in [0.05, 0.1) is 6.10 Å². The minimum Gasteiger partial charge on any atom is -0.379 e. The molecular formula is C10H22OS. The second-order valence-electron chi connectivity index (χ2n) is 3.50. The molecule has 12 heavy (non-hydrogen) atoms. The van der Waals surface area contributed by atoms with Crippen LogP contribution in [-0.2, 0) is 4.74 Å². The van der Waals surface area contributed by atoms with E-state index >= 15 is 0 Å². The Bertz CT molecular complexity index is 95.8. The molecule has 2 unspecified atom stereocenters. The average molecular weight is 190 g/mol. The van der Waals surface area contributed by atoms with Gasteiger partial charge in [0.2, 0.25) is 0 Å². The highest BCUT2D eigenvalue weighted by atomic mass is 32.1. The lowest BCUT2D eigenvalue weighted by atomic mass is 10.1. The van der Waals surface area contributed by atoms with Gasteiger partial charge in [-0.25, -0.2) is 0 Å². The molecule has 0 aromatic heterocycles. The summed E-state index contributed by atoms with van der Waals surface area (Å²) in [5.74, 6) is 1.75. The molecule has 0 saturated heterocycles. The van der Waals surface area contributed by atoms with E-state index in [1.807, 2.05) is 0 Å². The first-order chi connectivity index (χ1) is 5.70. The van der Waals surface area contributed by atoms with Gasteiger partial charge >= 0.3 is 0 Å². The zero-order valence-corrected chi connectivity index (χ0v) is 9.44. The van der Waals surface area contributed by atoms with E-state index in [9.17, 15) is 0 Å². The number of rotatable bonds is 7. The van der Waals surface area contributed by atoms with Gasteiger partial charge in [-0.3, -0.25) is 0 Å². The van der Waals surface area contributed by atoms with Crippen LogP contribution in [0.5, 0.6) is 0 Å². The maximum Gasteiger partial charge on any atom is 0.0544 e. The number of ether oxygens (including phenoxy) is 1. The first kappa shape index (κ1) is 12.3. The fourth-order valence-corrected chi connectivity index (χ4v) is 1.39. The van der Waals surface area contributed by atoms with E-state index in [2.05, 4.69) is 33.4 Å². The Morgan fingerprint density at radius 2 is 1.92 bits per heavy atom. The molecule has 0 aromatic carbocycles. The Kier molecular flexibility index (Phi) is 8.14. The monoisotopic (exact) mass is 190 g/mol. The molecule has 0 heterocycles. The summed E-state index contributed by atoms with van der Waals surface area (Å²) < 4.78 is 5.58. The lowest BCUT2D eigenvalue weighted by Gasteiger charge is -2.13. The molecule has 0 aliphatic carbocycles. The average Bonchev–Trinajstić information content (AvgIpc) is 2.04. The maximum atomic E-state index is 5.58. The zero-order chi connectivity index (χ0) is 9.40. The minimum absolute atomic E-state index is 0.424. The van der Waals surface area contributed by atoms with Crippen molar-refractivity contribution < 1.29 is 4.74 Å². The van der Waals surface area contributed by atoms with Crippen molar-refractivity contribution in [3.8, 4) is 0 Å². The molecule has 0 aliphatic rings. The quantitative estimate of drug-likeness (QED) is 0.607. The van der Waals surface area contributed by atoms with Gasteiger partial charge < -0.3 is 4.74 Å². The fourth-order valence-electron chi connectivity index (χ4n) is 0.953. The van der Waals surface area contributed by atoms with Gasteiger partial charge in [0.25, 0.3) is 0 Å². The van der Waals surface area contributed by atoms with Crippen LogP contribution in [0.25, 0.3) is 0 Å². The molecule has 1 nitrogen and oxygen atoms in total. The number of thiol groups is 1. The first-order valence-corrected chi connectivity index (χ1v) is 5.56. The van der Waals surface area contributed by atoms with E-state index in [0.29, 0.717) is 6.10 Å². The van der Waals surface area contributed by atoms with Crippen molar-refractivity contribution in [1.82, 2.24) is 0 Å². The van der Waals surface area contributed by atoms with E-state index in [0.717, 1.165) is 24.7 Å². The van der Waals surface area contributed by atoms with Gasteiger partial charge in [0.1, 0.15) is 0 Å². The minimum atomic E-state index is 0.424. The predicted octanol–water partition coefficient (Wildman–Crippen LogP) is 3.15. The van der Waals surface area contributed by atoms with Crippen molar-refractivity contribution in [2.75, 3.05) is 12.4 Å². The molecule has 2 atom stereocenters. The molecule has 2 heteroatoms. The van der Waals surface area contributed by atoms with E-state index in [1.165, 1.54) is 12.8 Å². The molecule has 0 spiro atoms. The Hall–Kier alpha value is 0.310. The fraction of sp³-hybridized carbons (Fsp3) is 1.00. The van der Waals surface area contributed by atoms with Crippen molar-refractivity contribution in [1.29, 1.82) is 0 Å². The number of hydrogen-bond donors (Lipinski definition) is 1. The van der Waals surface area contributed by atoms with Gasteiger partial charge in [-0.15, -0.1) is 0 Å². The summed E-state index contributed by atoms with van der Waals surface area (Å²) in [7, 11) is 0. The molecule has 74 valence electrons. The van der Waals surface area contributed by atoms with E-state index < -0.39 is 0 Å². The maximum absolute atomic E-state index is 5.58. The third-order valence-electron chi connectivity index (χ3n) is 2.21. The van der Waals surface area contributed by atoms with Crippen LogP contribution in [0.1, 0.15) is 40.0 Å². The summed E-state index contributed by atoms with van der Waals surface area (Å²) in [6.07, 6.45) is 3.91. The molecule has 0 aliphatic heterocycles. The second kappa shape index (κ2) is 7.93. The van der Waals surface area contributed by atoms with Crippen LogP contribution in [-0.4, -0.2) is 18.5 Å². The molecule has 0 aromatic rings. The van der Waals surface area contributed by atoms with Crippen molar-refractivity contribution in [3.05, 3.63) is 0 Å². The molecule has 0 amide bonds. The second-order valence-corrected chi connectivity index (χ2v) is 3.94. The summed E-state index contributed by atoms with van der Waals surface area (Å²) in [5.41, 5.74) is 0. The molecule has 0 N–H and O–H groups in total. The summed E-state index contributed by atoms with van der Waals surface area (Å²) in [5, 5.41) is 0. The van der Waals surface area contributed by atoms with E-state index in [4.69, 9.17) is 4.74 Å². The van der Waals surface area contributed by atoms with Crippen LogP contribution in [0.4, 0.5) is 0 Å². The van der Waals surface area contributed by atoms with Gasteiger partial charge in [-0.2, -0.15) is 12.6 Å². The van der Waals surface area contributed by atoms with E-state index in [1.54, 1.807) is 0 Å². The van der Waals surface area contributed by atoms with Crippen molar-refractivity contribution >= 4 is 12.6 Å². The molecule has 0 fully saturated rings. The smallest absolute Gasteiger partial charge is 0.0544 e. The van der Waals surface area contributed by atoms with Crippen LogP contribution in [0.3, 0.4) is 0 Å². The van der Waals surface area contributed by atoms with Crippen LogP contribution < -0.4 is 0 Å². The first-order valence-electron chi connectivity index (χ1n) is 4.93. The van der Waals surface area contributed by atoms with Crippen LogP contribution in [0.15, 0.2) is 0 Å². The third-order valence-corrected chi connectivity index (χ3v) is 2.47. The Balaban J connectivity index is 3.18. The highest BCUT2D eigenvalue weighted by Gasteiger charge is 2.02. The summed E-state index contributed by atoms with van der Waals surface area (Å²) in [6.45, 7) is 7.45. The van der Waals surface area contributed by atoms with Crippen molar-refractivity contribution in [2.45, 2.75) is 46.1 Å². The lowest BCUT2D eigenvalue weighted by Crippen LogP contribution is -2.10. The normalized spacial score (nSPS) is 16.0. The standard InChI is InChI=1S/C10H22OS/c1-4-10(3)11-7-5-9(2)6-8-12/h9-10,12H,4-8H2,1-3H3.